The first kappa shape index (κ1) is 19.5. The molecule has 2 rings (SSSR count). The van der Waals surface area contributed by atoms with Crippen LogP contribution in [0.5, 0.6) is 0 Å². The van der Waals surface area contributed by atoms with Crippen LogP contribution < -0.4 is 0 Å². The second-order valence-corrected chi connectivity index (χ2v) is 7.70. The molecule has 0 N–H and O–H groups in total. The first-order valence-electron chi connectivity index (χ1n) is 8.68. The maximum Gasteiger partial charge on any atom is 0.191 e. The van der Waals surface area contributed by atoms with Crippen LogP contribution in [0.2, 0.25) is 0 Å². The molecule has 0 amide bonds. The van der Waals surface area contributed by atoms with Gasteiger partial charge in [0.15, 0.2) is 10.9 Å². The minimum absolute atomic E-state index is 0.139. The predicted molar refractivity (Wildman–Crippen MR) is 103 cm³/mol. The molecule has 0 bridgehead atoms. The smallest absolute Gasteiger partial charge is 0.191 e. The Morgan fingerprint density at radius 2 is 2.00 bits per heavy atom. The lowest BCUT2D eigenvalue weighted by Crippen LogP contribution is -2.09. The molecular formula is C19H28N4OS. The van der Waals surface area contributed by atoms with Gasteiger partial charge >= 0.3 is 0 Å². The van der Waals surface area contributed by atoms with Crippen LogP contribution in [0, 0.1) is 26.7 Å². The van der Waals surface area contributed by atoms with Gasteiger partial charge in [0.2, 0.25) is 0 Å². The van der Waals surface area contributed by atoms with Gasteiger partial charge in [-0.3, -0.25) is 4.79 Å². The van der Waals surface area contributed by atoms with Crippen LogP contribution in [0.15, 0.2) is 23.9 Å². The molecule has 136 valence electrons. The van der Waals surface area contributed by atoms with Crippen LogP contribution in [0.1, 0.15) is 47.8 Å². The highest BCUT2D eigenvalue weighted by Crippen LogP contribution is 2.22. The van der Waals surface area contributed by atoms with E-state index in [1.54, 1.807) is 0 Å². The molecule has 0 aliphatic rings. The lowest BCUT2D eigenvalue weighted by atomic mass is 10.1. The van der Waals surface area contributed by atoms with Crippen molar-refractivity contribution in [1.29, 1.82) is 0 Å². The van der Waals surface area contributed by atoms with Gasteiger partial charge in [0.05, 0.1) is 5.75 Å². The number of hydrogen-bond acceptors (Lipinski definition) is 4. The van der Waals surface area contributed by atoms with E-state index in [-0.39, 0.29) is 5.78 Å². The number of thioether (sulfide) groups is 1. The van der Waals surface area contributed by atoms with Crippen molar-refractivity contribution >= 4 is 17.5 Å². The van der Waals surface area contributed by atoms with Gasteiger partial charge in [-0.25, -0.2) is 0 Å². The summed E-state index contributed by atoms with van der Waals surface area (Å²) in [7, 11) is 0. The first-order valence-corrected chi connectivity index (χ1v) is 9.67. The number of nitrogens with zero attached hydrogens (tertiary/aromatic N) is 4. The third-order valence-corrected chi connectivity index (χ3v) is 5.32. The molecule has 0 aliphatic carbocycles. The number of rotatable bonds is 9. The highest BCUT2D eigenvalue weighted by atomic mass is 32.2. The molecule has 0 unspecified atom stereocenters. The zero-order chi connectivity index (χ0) is 18.6. The van der Waals surface area contributed by atoms with E-state index in [0.717, 1.165) is 40.9 Å². The second kappa shape index (κ2) is 8.52. The van der Waals surface area contributed by atoms with E-state index < -0.39 is 0 Å². The minimum Gasteiger partial charge on any atom is -0.348 e. The van der Waals surface area contributed by atoms with Crippen LogP contribution >= 0.6 is 11.8 Å². The fraction of sp³-hybridized carbons (Fsp3) is 0.526. The number of ketones is 1. The summed E-state index contributed by atoms with van der Waals surface area (Å²) in [5.41, 5.74) is 3.03. The predicted octanol–water partition coefficient (Wildman–Crippen LogP) is 4.21. The van der Waals surface area contributed by atoms with E-state index in [1.165, 1.54) is 11.8 Å². The number of carbonyl (C=O) groups is 1. The summed E-state index contributed by atoms with van der Waals surface area (Å²) in [5, 5.41) is 9.02. The van der Waals surface area contributed by atoms with Gasteiger partial charge < -0.3 is 9.13 Å². The van der Waals surface area contributed by atoms with Crippen LogP contribution in [0.4, 0.5) is 0 Å². The maximum absolute atomic E-state index is 12.7. The van der Waals surface area contributed by atoms with Crippen molar-refractivity contribution in [2.24, 2.45) is 5.92 Å². The molecule has 0 saturated carbocycles. The topological polar surface area (TPSA) is 52.7 Å². The van der Waals surface area contributed by atoms with E-state index in [9.17, 15) is 4.79 Å². The molecule has 25 heavy (non-hydrogen) atoms. The van der Waals surface area contributed by atoms with Gasteiger partial charge in [-0.05, 0) is 39.2 Å². The molecular weight excluding hydrogens is 332 g/mol. The summed E-state index contributed by atoms with van der Waals surface area (Å²) >= 11 is 1.44. The van der Waals surface area contributed by atoms with Crippen molar-refractivity contribution in [1.82, 2.24) is 19.3 Å². The number of Topliss-reactive ketones (excluding diaryl/α,β-unsaturated/α-hetero) is 1. The molecule has 2 aromatic heterocycles. The molecule has 6 heteroatoms. The van der Waals surface area contributed by atoms with Crippen LogP contribution in [0.3, 0.4) is 0 Å². The fourth-order valence-electron chi connectivity index (χ4n) is 2.83. The molecule has 0 fully saturated rings. The van der Waals surface area contributed by atoms with E-state index in [0.29, 0.717) is 18.2 Å². The van der Waals surface area contributed by atoms with Crippen LogP contribution in [-0.2, 0) is 13.1 Å². The summed E-state index contributed by atoms with van der Waals surface area (Å²) < 4.78 is 4.22. The molecule has 5 nitrogen and oxygen atoms in total. The highest BCUT2D eigenvalue weighted by Gasteiger charge is 2.17. The molecule has 0 aliphatic heterocycles. The Morgan fingerprint density at radius 1 is 1.28 bits per heavy atom. The Kier molecular flexibility index (Phi) is 6.64. The Hall–Kier alpha value is -1.82. The largest absolute Gasteiger partial charge is 0.348 e. The third-order valence-electron chi connectivity index (χ3n) is 4.35. The summed E-state index contributed by atoms with van der Waals surface area (Å²) in [6, 6.07) is 2.01. The third kappa shape index (κ3) is 4.63. The van der Waals surface area contributed by atoms with E-state index in [4.69, 9.17) is 0 Å². The molecule has 0 aromatic carbocycles. The molecule has 2 aromatic rings. The molecule has 0 spiro atoms. The van der Waals surface area contributed by atoms with Crippen molar-refractivity contribution < 1.29 is 4.79 Å². The summed E-state index contributed by atoms with van der Waals surface area (Å²) in [4.78, 5) is 12.7. The standard InChI is InChI=1S/C19H28N4OS/c1-7-9-23-16(6)20-21-19(23)25-12-18(24)17-11-14(4)22(15(17)5)10-8-13(2)3/h7,11,13H,1,8-10,12H2,2-6H3. The molecule has 0 saturated heterocycles. The number of hydrogen-bond donors (Lipinski definition) is 0. The lowest BCUT2D eigenvalue weighted by Gasteiger charge is -2.11. The van der Waals surface area contributed by atoms with E-state index >= 15 is 0 Å². The first-order chi connectivity index (χ1) is 11.8. The quantitative estimate of drug-likeness (QED) is 0.382. The normalized spacial score (nSPS) is 11.3. The van der Waals surface area contributed by atoms with Gasteiger partial charge in [-0.1, -0.05) is 31.7 Å². The zero-order valence-corrected chi connectivity index (χ0v) is 16.7. The van der Waals surface area contributed by atoms with Crippen molar-refractivity contribution in [3.63, 3.8) is 0 Å². The number of aryl methyl sites for hydroxylation is 2. The Morgan fingerprint density at radius 3 is 2.64 bits per heavy atom. The Labute approximate surface area is 154 Å². The van der Waals surface area contributed by atoms with Gasteiger partial charge in [0.25, 0.3) is 0 Å². The number of carbonyl (C=O) groups excluding carboxylic acids is 1. The lowest BCUT2D eigenvalue weighted by molar-refractivity contribution is 0.102. The Bertz CT molecular complexity index is 758. The SMILES string of the molecule is C=CCn1c(C)nnc1SCC(=O)c1cc(C)n(CCC(C)C)c1C. The van der Waals surface area contributed by atoms with E-state index in [2.05, 4.69) is 42.1 Å². The van der Waals surface area contributed by atoms with E-state index in [1.807, 2.05) is 30.6 Å². The molecule has 2 heterocycles. The maximum atomic E-state index is 12.7. The summed E-state index contributed by atoms with van der Waals surface area (Å²) in [6.07, 6.45) is 2.92. The zero-order valence-electron chi connectivity index (χ0n) is 15.9. The number of aromatic nitrogens is 4. The minimum atomic E-state index is 0.139. The average Bonchev–Trinajstić information content (AvgIpc) is 3.04. The monoisotopic (exact) mass is 360 g/mol. The van der Waals surface area contributed by atoms with Crippen molar-refractivity contribution in [3.05, 3.63) is 41.5 Å². The van der Waals surface area contributed by atoms with Crippen LogP contribution in [-0.4, -0.2) is 30.9 Å². The van der Waals surface area contributed by atoms with Gasteiger partial charge in [0.1, 0.15) is 5.82 Å². The highest BCUT2D eigenvalue weighted by molar-refractivity contribution is 7.99. The molecule has 0 radical (unpaired) electrons. The van der Waals surface area contributed by atoms with Gasteiger partial charge in [-0.15, -0.1) is 16.8 Å². The Balaban J connectivity index is 2.09. The second-order valence-electron chi connectivity index (χ2n) is 6.76. The fourth-order valence-corrected chi connectivity index (χ4v) is 3.71. The van der Waals surface area contributed by atoms with Crippen LogP contribution in [0.25, 0.3) is 0 Å². The summed E-state index contributed by atoms with van der Waals surface area (Å²) in [6.45, 7) is 15.8. The summed E-state index contributed by atoms with van der Waals surface area (Å²) in [5.74, 6) is 1.99. The van der Waals surface area contributed by atoms with Gasteiger partial charge in [-0.2, -0.15) is 0 Å². The van der Waals surface area contributed by atoms with Gasteiger partial charge in [0, 0.05) is 30.0 Å². The molecule has 0 atom stereocenters. The van der Waals surface area contributed by atoms with Crippen molar-refractivity contribution in [3.8, 4) is 0 Å². The number of allylic oxidation sites excluding steroid dienone is 1. The average molecular weight is 361 g/mol. The van der Waals surface area contributed by atoms with Crippen molar-refractivity contribution in [2.45, 2.75) is 59.3 Å². The van der Waals surface area contributed by atoms with Crippen molar-refractivity contribution in [2.75, 3.05) is 5.75 Å².